The maximum Gasteiger partial charge on any atom is 0.326 e. The van der Waals surface area contributed by atoms with Crippen LogP contribution in [0.1, 0.15) is 33.6 Å². The van der Waals surface area contributed by atoms with Gasteiger partial charge in [0.2, 0.25) is 5.91 Å². The molecule has 3 amide bonds. The highest BCUT2D eigenvalue weighted by atomic mass is 16.4. The van der Waals surface area contributed by atoms with Gasteiger partial charge in [-0.2, -0.15) is 0 Å². The van der Waals surface area contributed by atoms with E-state index in [9.17, 15) is 14.4 Å². The minimum absolute atomic E-state index is 0.0235. The zero-order valence-corrected chi connectivity index (χ0v) is 10.2. The number of urea groups is 1. The van der Waals surface area contributed by atoms with Gasteiger partial charge in [0.1, 0.15) is 6.04 Å². The summed E-state index contributed by atoms with van der Waals surface area (Å²) in [5.41, 5.74) is 4.21. The summed E-state index contributed by atoms with van der Waals surface area (Å²) in [4.78, 5) is 32.9. The molecule has 1 atom stereocenters. The van der Waals surface area contributed by atoms with Gasteiger partial charge < -0.3 is 21.5 Å². The van der Waals surface area contributed by atoms with Gasteiger partial charge in [-0.3, -0.25) is 4.79 Å². The molecule has 5 N–H and O–H groups in total. The van der Waals surface area contributed by atoms with Crippen molar-refractivity contribution in [1.82, 2.24) is 10.6 Å². The molecule has 0 fully saturated rings. The Balaban J connectivity index is 4.34. The first-order valence-corrected chi connectivity index (χ1v) is 5.27. The van der Waals surface area contributed by atoms with Crippen LogP contribution in [-0.4, -0.2) is 34.6 Å². The standard InChI is InChI=1S/C10H19N3O4/c1-4-6(8(15)16)12-9(17)13-10(2,3)5-7(11)14/h6H,4-5H2,1-3H3,(H2,11,14)(H,15,16)(H2,12,13,17). The number of aliphatic carboxylic acids is 1. The molecule has 0 bridgehead atoms. The summed E-state index contributed by atoms with van der Waals surface area (Å²) in [6.45, 7) is 4.89. The third-order valence-corrected chi connectivity index (χ3v) is 2.08. The Morgan fingerprint density at radius 2 is 1.88 bits per heavy atom. The first kappa shape index (κ1) is 15.2. The van der Waals surface area contributed by atoms with Crippen LogP contribution < -0.4 is 16.4 Å². The molecule has 0 rings (SSSR count). The van der Waals surface area contributed by atoms with Gasteiger partial charge in [0.25, 0.3) is 0 Å². The number of hydrogen-bond donors (Lipinski definition) is 4. The zero-order chi connectivity index (χ0) is 13.6. The van der Waals surface area contributed by atoms with Crippen molar-refractivity contribution in [3.63, 3.8) is 0 Å². The summed E-state index contributed by atoms with van der Waals surface area (Å²) in [7, 11) is 0. The fraction of sp³-hybridized carbons (Fsp3) is 0.700. The summed E-state index contributed by atoms with van der Waals surface area (Å²) in [6.07, 6.45) is 0.253. The fourth-order valence-electron chi connectivity index (χ4n) is 1.32. The van der Waals surface area contributed by atoms with Crippen LogP contribution in [0.15, 0.2) is 0 Å². The average Bonchev–Trinajstić information content (AvgIpc) is 2.10. The lowest BCUT2D eigenvalue weighted by Gasteiger charge is -2.25. The fourth-order valence-corrected chi connectivity index (χ4v) is 1.32. The van der Waals surface area contributed by atoms with Crippen molar-refractivity contribution < 1.29 is 19.5 Å². The lowest BCUT2D eigenvalue weighted by atomic mass is 10.0. The van der Waals surface area contributed by atoms with E-state index < -0.39 is 29.5 Å². The highest BCUT2D eigenvalue weighted by Crippen LogP contribution is 2.07. The summed E-state index contributed by atoms with van der Waals surface area (Å²) < 4.78 is 0. The molecule has 0 saturated carbocycles. The summed E-state index contributed by atoms with van der Waals surface area (Å²) in [5.74, 6) is -1.64. The number of primary amides is 1. The molecule has 0 radical (unpaired) electrons. The van der Waals surface area contributed by atoms with Crippen LogP contribution in [0.2, 0.25) is 0 Å². The normalized spacial score (nSPS) is 12.6. The molecule has 0 aliphatic heterocycles. The van der Waals surface area contributed by atoms with E-state index >= 15 is 0 Å². The Morgan fingerprint density at radius 1 is 1.35 bits per heavy atom. The molecule has 0 aliphatic rings. The number of carbonyl (C=O) groups excluding carboxylic acids is 2. The first-order valence-electron chi connectivity index (χ1n) is 5.27. The van der Waals surface area contributed by atoms with Crippen LogP contribution in [0.4, 0.5) is 4.79 Å². The molecule has 98 valence electrons. The van der Waals surface area contributed by atoms with E-state index in [-0.39, 0.29) is 12.8 Å². The van der Waals surface area contributed by atoms with E-state index in [1.54, 1.807) is 20.8 Å². The maximum atomic E-state index is 11.5. The number of amides is 3. The second-order valence-corrected chi connectivity index (χ2v) is 4.42. The third kappa shape index (κ3) is 6.39. The van der Waals surface area contributed by atoms with Crippen LogP contribution in [0, 0.1) is 0 Å². The Hall–Kier alpha value is -1.79. The molecule has 1 unspecified atom stereocenters. The number of carboxylic acids is 1. The van der Waals surface area contributed by atoms with Gasteiger partial charge >= 0.3 is 12.0 Å². The molecule has 0 saturated heterocycles. The van der Waals surface area contributed by atoms with Crippen LogP contribution >= 0.6 is 0 Å². The molecule has 0 aromatic rings. The van der Waals surface area contributed by atoms with E-state index in [2.05, 4.69) is 10.6 Å². The van der Waals surface area contributed by atoms with E-state index in [1.807, 2.05) is 0 Å². The SMILES string of the molecule is CCC(NC(=O)NC(C)(C)CC(N)=O)C(=O)O. The maximum absolute atomic E-state index is 11.5. The van der Waals surface area contributed by atoms with E-state index in [0.29, 0.717) is 0 Å². The van der Waals surface area contributed by atoms with Crippen molar-refractivity contribution in [3.8, 4) is 0 Å². The molecule has 0 aliphatic carbocycles. The average molecular weight is 245 g/mol. The zero-order valence-electron chi connectivity index (χ0n) is 10.2. The molecule has 0 spiro atoms. The van der Waals surface area contributed by atoms with Crippen molar-refractivity contribution in [2.24, 2.45) is 5.73 Å². The minimum Gasteiger partial charge on any atom is -0.480 e. The van der Waals surface area contributed by atoms with Crippen LogP contribution in [0.3, 0.4) is 0 Å². The van der Waals surface area contributed by atoms with Crippen LogP contribution in [-0.2, 0) is 9.59 Å². The Kier molecular flexibility index (Phi) is 5.43. The second-order valence-electron chi connectivity index (χ2n) is 4.42. The van der Waals surface area contributed by atoms with Crippen molar-refractivity contribution in [2.45, 2.75) is 45.2 Å². The predicted molar refractivity (Wildman–Crippen MR) is 61.3 cm³/mol. The van der Waals surface area contributed by atoms with Crippen molar-refractivity contribution >= 4 is 17.9 Å². The van der Waals surface area contributed by atoms with Gasteiger partial charge in [0, 0.05) is 12.0 Å². The van der Waals surface area contributed by atoms with Gasteiger partial charge in [-0.1, -0.05) is 6.92 Å². The van der Waals surface area contributed by atoms with Gasteiger partial charge in [-0.25, -0.2) is 9.59 Å². The van der Waals surface area contributed by atoms with Crippen LogP contribution in [0.25, 0.3) is 0 Å². The Labute approximate surface area is 99.7 Å². The van der Waals surface area contributed by atoms with Crippen molar-refractivity contribution in [2.75, 3.05) is 0 Å². The molecular weight excluding hydrogens is 226 g/mol. The number of rotatable bonds is 6. The third-order valence-electron chi connectivity index (χ3n) is 2.08. The first-order chi connectivity index (χ1) is 7.68. The predicted octanol–water partition coefficient (Wildman–Crippen LogP) is -0.197. The van der Waals surface area contributed by atoms with Crippen molar-refractivity contribution in [3.05, 3.63) is 0 Å². The van der Waals surface area contributed by atoms with Gasteiger partial charge in [0.05, 0.1) is 0 Å². The Morgan fingerprint density at radius 3 is 2.24 bits per heavy atom. The highest BCUT2D eigenvalue weighted by molar-refractivity contribution is 5.83. The molecule has 0 heterocycles. The number of hydrogen-bond acceptors (Lipinski definition) is 3. The summed E-state index contributed by atoms with van der Waals surface area (Å²) in [6, 6.07) is -1.58. The molecule has 0 aromatic carbocycles. The molecule has 0 aromatic heterocycles. The molecule has 17 heavy (non-hydrogen) atoms. The van der Waals surface area contributed by atoms with Gasteiger partial charge in [-0.15, -0.1) is 0 Å². The van der Waals surface area contributed by atoms with Gasteiger partial charge in [-0.05, 0) is 20.3 Å². The Bertz CT molecular complexity index is 315. The lowest BCUT2D eigenvalue weighted by molar-refractivity contribution is -0.139. The molecule has 7 heteroatoms. The smallest absolute Gasteiger partial charge is 0.326 e. The topological polar surface area (TPSA) is 122 Å². The summed E-state index contributed by atoms with van der Waals surface area (Å²) in [5, 5.41) is 13.5. The van der Waals surface area contributed by atoms with E-state index in [4.69, 9.17) is 10.8 Å². The highest BCUT2D eigenvalue weighted by Gasteiger charge is 2.25. The van der Waals surface area contributed by atoms with Gasteiger partial charge in [0.15, 0.2) is 0 Å². The number of nitrogens with one attached hydrogen (secondary N) is 2. The minimum atomic E-state index is -1.10. The molecule has 7 nitrogen and oxygen atoms in total. The number of carbonyl (C=O) groups is 3. The second kappa shape index (κ2) is 6.07. The van der Waals surface area contributed by atoms with Crippen molar-refractivity contribution in [1.29, 1.82) is 0 Å². The number of carboxylic acid groups (broad SMARTS) is 1. The van der Waals surface area contributed by atoms with E-state index in [1.165, 1.54) is 0 Å². The monoisotopic (exact) mass is 245 g/mol. The quantitative estimate of drug-likeness (QED) is 0.517. The molecular formula is C10H19N3O4. The number of nitrogens with two attached hydrogens (primary N) is 1. The largest absolute Gasteiger partial charge is 0.480 e. The summed E-state index contributed by atoms with van der Waals surface area (Å²) >= 11 is 0. The van der Waals surface area contributed by atoms with Crippen LogP contribution in [0.5, 0.6) is 0 Å². The van der Waals surface area contributed by atoms with E-state index in [0.717, 1.165) is 0 Å². The lowest BCUT2D eigenvalue weighted by Crippen LogP contribution is -2.53.